The predicted molar refractivity (Wildman–Crippen MR) is 60.4 cm³/mol. The predicted octanol–water partition coefficient (Wildman–Crippen LogP) is -0.495. The fourth-order valence-corrected chi connectivity index (χ4v) is 1.26. The van der Waals surface area contributed by atoms with E-state index in [2.05, 4.69) is 0 Å². The number of primary amides is 1. The molecule has 1 atom stereocenters. The molecule has 0 aliphatic carbocycles. The molecule has 0 spiro atoms. The van der Waals surface area contributed by atoms with Gasteiger partial charge in [-0.2, -0.15) is 0 Å². The van der Waals surface area contributed by atoms with E-state index in [4.69, 9.17) is 21.3 Å². The van der Waals surface area contributed by atoms with Gasteiger partial charge in [0.05, 0.1) is 0 Å². The van der Waals surface area contributed by atoms with Crippen molar-refractivity contribution in [3.05, 3.63) is 29.8 Å². The van der Waals surface area contributed by atoms with Crippen molar-refractivity contribution in [2.75, 3.05) is 6.61 Å². The van der Waals surface area contributed by atoms with Crippen LogP contribution in [-0.4, -0.2) is 29.6 Å². The molecule has 0 aromatic heterocycles. The molecule has 1 aromatic carbocycles. The van der Waals surface area contributed by atoms with Crippen molar-refractivity contribution in [3.63, 3.8) is 0 Å². The Balaban J connectivity index is 2.65. The highest BCUT2D eigenvalue weighted by atomic mass is 16.5. The van der Waals surface area contributed by atoms with E-state index in [1.54, 1.807) is 24.3 Å². The summed E-state index contributed by atoms with van der Waals surface area (Å²) in [5.74, 6) is -1.18. The van der Waals surface area contributed by atoms with E-state index in [9.17, 15) is 9.59 Å². The first-order valence-corrected chi connectivity index (χ1v) is 4.97. The summed E-state index contributed by atoms with van der Waals surface area (Å²) >= 11 is 0. The number of amides is 1. The molecule has 0 saturated carbocycles. The Kier molecular flexibility index (Phi) is 4.47. The van der Waals surface area contributed by atoms with Crippen molar-refractivity contribution >= 4 is 11.9 Å². The minimum atomic E-state index is -1.06. The Labute approximate surface area is 98.2 Å². The lowest BCUT2D eigenvalue weighted by atomic mass is 10.1. The lowest BCUT2D eigenvalue weighted by molar-refractivity contribution is -0.138. The second kappa shape index (κ2) is 5.86. The molecule has 0 fully saturated rings. The number of carbonyl (C=O) groups excluding carboxylic acids is 1. The van der Waals surface area contributed by atoms with Crippen molar-refractivity contribution < 1.29 is 19.4 Å². The summed E-state index contributed by atoms with van der Waals surface area (Å²) in [7, 11) is 0. The number of benzene rings is 1. The summed E-state index contributed by atoms with van der Waals surface area (Å²) in [4.78, 5) is 21.1. The van der Waals surface area contributed by atoms with E-state index in [0.717, 1.165) is 5.56 Å². The second-order valence-electron chi connectivity index (χ2n) is 3.55. The van der Waals surface area contributed by atoms with E-state index in [1.165, 1.54) is 0 Å². The van der Waals surface area contributed by atoms with E-state index >= 15 is 0 Å². The molecule has 1 amide bonds. The minimum Gasteiger partial charge on any atom is -0.484 e. The molecule has 6 heteroatoms. The molecule has 0 unspecified atom stereocenters. The molecule has 1 rings (SSSR count). The number of aliphatic carboxylic acids is 1. The molecule has 0 heterocycles. The highest BCUT2D eigenvalue weighted by Crippen LogP contribution is 2.14. The Hall–Kier alpha value is -2.08. The standard InChI is InChI=1S/C11H14N2O4/c12-9(11(15)16)5-7-2-1-3-8(4-7)17-6-10(13)14/h1-4,9H,5-6,12H2,(H2,13,14)(H,15,16)/t9-/m0/s1. The van der Waals surface area contributed by atoms with Crippen molar-refractivity contribution in [1.82, 2.24) is 0 Å². The summed E-state index contributed by atoms with van der Waals surface area (Å²) in [5.41, 5.74) is 11.1. The van der Waals surface area contributed by atoms with Crippen LogP contribution in [0.4, 0.5) is 0 Å². The SMILES string of the molecule is NC(=O)COc1cccc(C[C@H](N)C(=O)O)c1. The van der Waals surface area contributed by atoms with Gasteiger partial charge in [-0.15, -0.1) is 0 Å². The van der Waals surface area contributed by atoms with E-state index in [-0.39, 0.29) is 13.0 Å². The van der Waals surface area contributed by atoms with Crippen LogP contribution in [0.1, 0.15) is 5.56 Å². The monoisotopic (exact) mass is 238 g/mol. The second-order valence-corrected chi connectivity index (χ2v) is 3.55. The maximum Gasteiger partial charge on any atom is 0.320 e. The molecule has 17 heavy (non-hydrogen) atoms. The third kappa shape index (κ3) is 4.52. The minimum absolute atomic E-state index is 0.198. The number of carboxylic acids is 1. The molecule has 0 aliphatic rings. The van der Waals surface area contributed by atoms with Crippen LogP contribution in [0.2, 0.25) is 0 Å². The summed E-state index contributed by atoms with van der Waals surface area (Å²) in [6.07, 6.45) is 0.198. The number of hydrogen-bond donors (Lipinski definition) is 3. The molecule has 0 bridgehead atoms. The topological polar surface area (TPSA) is 116 Å². The summed E-state index contributed by atoms with van der Waals surface area (Å²) < 4.78 is 5.09. The molecule has 6 nitrogen and oxygen atoms in total. The molecule has 0 radical (unpaired) electrons. The first kappa shape index (κ1) is 13.0. The van der Waals surface area contributed by atoms with Crippen LogP contribution < -0.4 is 16.2 Å². The van der Waals surface area contributed by atoms with Gasteiger partial charge in [-0.3, -0.25) is 9.59 Å². The van der Waals surface area contributed by atoms with Crippen LogP contribution in [0.15, 0.2) is 24.3 Å². The normalized spacial score (nSPS) is 11.8. The summed E-state index contributed by atoms with van der Waals surface area (Å²) in [5, 5.41) is 8.67. The van der Waals surface area contributed by atoms with Gasteiger partial charge in [-0.25, -0.2) is 0 Å². The molecule has 1 aromatic rings. The number of hydrogen-bond acceptors (Lipinski definition) is 4. The lowest BCUT2D eigenvalue weighted by Gasteiger charge is -2.08. The Morgan fingerprint density at radius 1 is 1.41 bits per heavy atom. The third-order valence-corrected chi connectivity index (χ3v) is 2.05. The van der Waals surface area contributed by atoms with Crippen LogP contribution in [0, 0.1) is 0 Å². The van der Waals surface area contributed by atoms with Gasteiger partial charge < -0.3 is 21.3 Å². The average Bonchev–Trinajstić information content (AvgIpc) is 2.26. The molecule has 0 saturated heterocycles. The van der Waals surface area contributed by atoms with Gasteiger partial charge in [0, 0.05) is 0 Å². The van der Waals surface area contributed by atoms with Gasteiger partial charge in [0.25, 0.3) is 5.91 Å². The molecule has 5 N–H and O–H groups in total. The van der Waals surface area contributed by atoms with Gasteiger partial charge in [-0.05, 0) is 24.1 Å². The summed E-state index contributed by atoms with van der Waals surface area (Å²) in [6.45, 7) is -0.214. The van der Waals surface area contributed by atoms with Crippen LogP contribution in [0.3, 0.4) is 0 Å². The highest BCUT2D eigenvalue weighted by Gasteiger charge is 2.12. The van der Waals surface area contributed by atoms with E-state index in [1.807, 2.05) is 0 Å². The quantitative estimate of drug-likeness (QED) is 0.618. The largest absolute Gasteiger partial charge is 0.484 e. The van der Waals surface area contributed by atoms with Crippen LogP contribution >= 0.6 is 0 Å². The molecular weight excluding hydrogens is 224 g/mol. The molecule has 92 valence electrons. The van der Waals surface area contributed by atoms with Gasteiger partial charge in [0.15, 0.2) is 6.61 Å². The first-order valence-electron chi connectivity index (χ1n) is 4.97. The average molecular weight is 238 g/mol. The summed E-state index contributed by atoms with van der Waals surface area (Å²) in [6, 6.07) is 5.76. The number of carbonyl (C=O) groups is 2. The van der Waals surface area contributed by atoms with E-state index in [0.29, 0.717) is 5.75 Å². The first-order chi connectivity index (χ1) is 7.99. The zero-order valence-corrected chi connectivity index (χ0v) is 9.13. The Bertz CT molecular complexity index is 420. The lowest BCUT2D eigenvalue weighted by Crippen LogP contribution is -2.32. The maximum absolute atomic E-state index is 10.6. The zero-order chi connectivity index (χ0) is 12.8. The van der Waals surface area contributed by atoms with Gasteiger partial charge in [0.2, 0.25) is 0 Å². The van der Waals surface area contributed by atoms with E-state index < -0.39 is 17.9 Å². The maximum atomic E-state index is 10.6. The van der Waals surface area contributed by atoms with Crippen molar-refractivity contribution in [3.8, 4) is 5.75 Å². The number of ether oxygens (including phenoxy) is 1. The Morgan fingerprint density at radius 3 is 2.71 bits per heavy atom. The van der Waals surface area contributed by atoms with Crippen LogP contribution in [-0.2, 0) is 16.0 Å². The smallest absolute Gasteiger partial charge is 0.320 e. The zero-order valence-electron chi connectivity index (χ0n) is 9.13. The number of nitrogens with two attached hydrogens (primary N) is 2. The molecule has 0 aliphatic heterocycles. The third-order valence-electron chi connectivity index (χ3n) is 2.05. The fourth-order valence-electron chi connectivity index (χ4n) is 1.26. The van der Waals surface area contributed by atoms with Gasteiger partial charge >= 0.3 is 5.97 Å². The van der Waals surface area contributed by atoms with Crippen molar-refractivity contribution in [2.45, 2.75) is 12.5 Å². The number of carboxylic acid groups (broad SMARTS) is 1. The van der Waals surface area contributed by atoms with Crippen molar-refractivity contribution in [1.29, 1.82) is 0 Å². The molecular formula is C11H14N2O4. The number of rotatable bonds is 6. The van der Waals surface area contributed by atoms with Crippen LogP contribution in [0.5, 0.6) is 5.75 Å². The van der Waals surface area contributed by atoms with Crippen LogP contribution in [0.25, 0.3) is 0 Å². The van der Waals surface area contributed by atoms with Gasteiger partial charge in [-0.1, -0.05) is 12.1 Å². The highest BCUT2D eigenvalue weighted by molar-refractivity contribution is 5.75. The Morgan fingerprint density at radius 2 is 2.12 bits per heavy atom. The van der Waals surface area contributed by atoms with Crippen molar-refractivity contribution in [2.24, 2.45) is 11.5 Å². The fraction of sp³-hybridized carbons (Fsp3) is 0.273. The van der Waals surface area contributed by atoms with Gasteiger partial charge in [0.1, 0.15) is 11.8 Å².